The molecule has 0 bridgehead atoms. The summed E-state index contributed by atoms with van der Waals surface area (Å²) in [5, 5.41) is 9.66. The Labute approximate surface area is 65.4 Å². The SMILES string of the molecule is CCCCOC(=O)[N]C(=N)N. The average Bonchev–Trinajstić information content (AvgIpc) is 1.86. The Morgan fingerprint density at radius 1 is 1.73 bits per heavy atom. The molecule has 11 heavy (non-hydrogen) atoms. The average molecular weight is 158 g/mol. The third kappa shape index (κ3) is 6.63. The van der Waals surface area contributed by atoms with Gasteiger partial charge in [0.05, 0.1) is 6.61 Å². The molecule has 0 aromatic carbocycles. The van der Waals surface area contributed by atoms with E-state index in [2.05, 4.69) is 10.1 Å². The molecule has 0 unspecified atom stereocenters. The van der Waals surface area contributed by atoms with Crippen molar-refractivity contribution in [2.45, 2.75) is 19.8 Å². The van der Waals surface area contributed by atoms with Crippen molar-refractivity contribution in [3.05, 3.63) is 0 Å². The Kier molecular flexibility index (Phi) is 4.89. The number of guanidine groups is 1. The fraction of sp³-hybridized carbons (Fsp3) is 0.667. The smallest absolute Gasteiger partial charge is 0.436 e. The lowest BCUT2D eigenvalue weighted by molar-refractivity contribution is 0.149. The van der Waals surface area contributed by atoms with Crippen LogP contribution in [0.5, 0.6) is 0 Å². The van der Waals surface area contributed by atoms with Crippen molar-refractivity contribution in [3.63, 3.8) is 0 Å². The zero-order valence-corrected chi connectivity index (χ0v) is 6.46. The first-order chi connectivity index (χ1) is 5.16. The second kappa shape index (κ2) is 5.52. The molecule has 0 aliphatic carbocycles. The predicted molar refractivity (Wildman–Crippen MR) is 40.3 cm³/mol. The van der Waals surface area contributed by atoms with Crippen molar-refractivity contribution in [1.82, 2.24) is 5.32 Å². The Morgan fingerprint density at radius 2 is 2.36 bits per heavy atom. The van der Waals surface area contributed by atoms with Gasteiger partial charge in [0.25, 0.3) is 0 Å². The molecular weight excluding hydrogens is 146 g/mol. The fourth-order valence-electron chi connectivity index (χ4n) is 0.434. The van der Waals surface area contributed by atoms with E-state index in [4.69, 9.17) is 11.1 Å². The summed E-state index contributed by atoms with van der Waals surface area (Å²) in [4.78, 5) is 10.5. The molecule has 1 amide bonds. The van der Waals surface area contributed by atoms with E-state index in [9.17, 15) is 4.79 Å². The molecule has 0 spiro atoms. The molecule has 0 rings (SSSR count). The minimum atomic E-state index is -0.786. The Balaban J connectivity index is 3.30. The third-order valence-electron chi connectivity index (χ3n) is 0.935. The number of carbonyl (C=O) groups is 1. The summed E-state index contributed by atoms with van der Waals surface area (Å²) in [7, 11) is 0. The number of hydrogen-bond donors (Lipinski definition) is 2. The minimum absolute atomic E-state index is 0.339. The van der Waals surface area contributed by atoms with Crippen molar-refractivity contribution in [2.75, 3.05) is 6.61 Å². The van der Waals surface area contributed by atoms with Gasteiger partial charge >= 0.3 is 6.09 Å². The molecule has 0 saturated carbocycles. The molecule has 0 aromatic heterocycles. The van der Waals surface area contributed by atoms with Gasteiger partial charge in [-0.2, -0.15) is 0 Å². The van der Waals surface area contributed by atoms with Crippen LogP contribution in [-0.2, 0) is 4.74 Å². The molecule has 5 heteroatoms. The molecule has 0 aromatic rings. The van der Waals surface area contributed by atoms with Crippen molar-refractivity contribution in [2.24, 2.45) is 5.73 Å². The zero-order valence-electron chi connectivity index (χ0n) is 6.46. The van der Waals surface area contributed by atoms with E-state index in [1.807, 2.05) is 6.92 Å². The zero-order chi connectivity index (χ0) is 8.69. The van der Waals surface area contributed by atoms with E-state index >= 15 is 0 Å². The normalized spacial score (nSPS) is 8.82. The quantitative estimate of drug-likeness (QED) is 0.354. The molecule has 0 saturated heterocycles. The van der Waals surface area contributed by atoms with Crippen molar-refractivity contribution >= 4 is 12.1 Å². The van der Waals surface area contributed by atoms with Crippen molar-refractivity contribution < 1.29 is 9.53 Å². The van der Waals surface area contributed by atoms with Gasteiger partial charge in [-0.15, -0.1) is 5.32 Å². The van der Waals surface area contributed by atoms with Gasteiger partial charge in [0.2, 0.25) is 5.96 Å². The number of carbonyl (C=O) groups excluding carboxylic acids is 1. The summed E-state index contributed by atoms with van der Waals surface area (Å²) in [6.45, 7) is 2.32. The fourth-order valence-corrected chi connectivity index (χ4v) is 0.434. The van der Waals surface area contributed by atoms with E-state index in [0.29, 0.717) is 6.61 Å². The van der Waals surface area contributed by atoms with Gasteiger partial charge in [-0.25, -0.2) is 4.79 Å². The standard InChI is InChI=1S/C6H12N3O2/c1-2-3-4-11-6(10)9-5(7)8/h2-4H2,1H3,(H3,7,8). The maximum absolute atomic E-state index is 10.5. The summed E-state index contributed by atoms with van der Waals surface area (Å²) < 4.78 is 4.57. The molecule has 0 aliphatic heterocycles. The number of hydrogen-bond acceptors (Lipinski definition) is 3. The highest BCUT2D eigenvalue weighted by molar-refractivity contribution is 5.90. The molecule has 5 nitrogen and oxygen atoms in total. The van der Waals surface area contributed by atoms with Crippen LogP contribution in [0.2, 0.25) is 0 Å². The molecular formula is C6H12N3O2. The van der Waals surface area contributed by atoms with Crippen LogP contribution in [0.4, 0.5) is 4.79 Å². The highest BCUT2D eigenvalue weighted by Gasteiger charge is 2.03. The number of nitrogens with two attached hydrogens (primary N) is 1. The third-order valence-corrected chi connectivity index (χ3v) is 0.935. The first kappa shape index (κ1) is 9.74. The highest BCUT2D eigenvalue weighted by atomic mass is 16.5. The van der Waals surface area contributed by atoms with Crippen LogP contribution >= 0.6 is 0 Å². The van der Waals surface area contributed by atoms with Crippen LogP contribution in [0.25, 0.3) is 0 Å². The number of ether oxygens (including phenoxy) is 1. The maximum atomic E-state index is 10.5. The lowest BCUT2D eigenvalue weighted by atomic mass is 10.4. The van der Waals surface area contributed by atoms with E-state index in [1.54, 1.807) is 0 Å². The largest absolute Gasteiger partial charge is 0.448 e. The first-order valence-electron chi connectivity index (χ1n) is 3.39. The highest BCUT2D eigenvalue weighted by Crippen LogP contribution is 1.88. The number of amides is 1. The van der Waals surface area contributed by atoms with Gasteiger partial charge in [0.1, 0.15) is 0 Å². The number of rotatable bonds is 3. The van der Waals surface area contributed by atoms with Gasteiger partial charge in [-0.3, -0.25) is 5.41 Å². The van der Waals surface area contributed by atoms with E-state index in [0.717, 1.165) is 12.8 Å². The lowest BCUT2D eigenvalue weighted by Crippen LogP contribution is -2.29. The van der Waals surface area contributed by atoms with Gasteiger partial charge in [0.15, 0.2) is 0 Å². The predicted octanol–water partition coefficient (Wildman–Crippen LogP) is 0.421. The van der Waals surface area contributed by atoms with Crippen LogP contribution < -0.4 is 11.1 Å². The lowest BCUT2D eigenvalue weighted by Gasteiger charge is -2.00. The Morgan fingerprint density at radius 3 is 2.82 bits per heavy atom. The Bertz CT molecular complexity index is 147. The van der Waals surface area contributed by atoms with E-state index in [1.165, 1.54) is 0 Å². The van der Waals surface area contributed by atoms with Crippen LogP contribution in [-0.4, -0.2) is 18.7 Å². The second-order valence-electron chi connectivity index (χ2n) is 1.96. The van der Waals surface area contributed by atoms with Crippen molar-refractivity contribution in [1.29, 1.82) is 5.41 Å². The summed E-state index contributed by atoms with van der Waals surface area (Å²) in [6, 6.07) is 0. The molecule has 1 radical (unpaired) electrons. The van der Waals surface area contributed by atoms with E-state index in [-0.39, 0.29) is 0 Å². The summed E-state index contributed by atoms with van der Waals surface area (Å²) in [5.74, 6) is -0.522. The summed E-state index contributed by atoms with van der Waals surface area (Å²) in [6.07, 6.45) is 0.970. The first-order valence-corrected chi connectivity index (χ1v) is 3.39. The van der Waals surface area contributed by atoms with Gasteiger partial charge in [-0.05, 0) is 6.42 Å². The molecule has 3 N–H and O–H groups in total. The molecule has 0 aliphatic rings. The number of nitrogens with zero attached hydrogens (tertiary/aromatic N) is 1. The van der Waals surface area contributed by atoms with Crippen LogP contribution in [0.1, 0.15) is 19.8 Å². The van der Waals surface area contributed by atoms with E-state index < -0.39 is 12.1 Å². The molecule has 0 heterocycles. The van der Waals surface area contributed by atoms with Crippen LogP contribution in [0.15, 0.2) is 0 Å². The van der Waals surface area contributed by atoms with Crippen LogP contribution in [0.3, 0.4) is 0 Å². The molecule has 0 fully saturated rings. The van der Waals surface area contributed by atoms with Crippen LogP contribution in [0, 0.1) is 5.41 Å². The van der Waals surface area contributed by atoms with Gasteiger partial charge in [0, 0.05) is 0 Å². The topological polar surface area (TPSA) is 90.3 Å². The monoisotopic (exact) mass is 158 g/mol. The maximum Gasteiger partial charge on any atom is 0.436 e. The molecule has 0 atom stereocenters. The minimum Gasteiger partial charge on any atom is -0.448 e. The molecule has 63 valence electrons. The van der Waals surface area contributed by atoms with Gasteiger partial charge in [-0.1, -0.05) is 13.3 Å². The number of unbranched alkanes of at least 4 members (excludes halogenated alkanes) is 1. The van der Waals surface area contributed by atoms with Crippen molar-refractivity contribution in [3.8, 4) is 0 Å². The second-order valence-corrected chi connectivity index (χ2v) is 1.96. The van der Waals surface area contributed by atoms with Gasteiger partial charge < -0.3 is 10.5 Å². The Hall–Kier alpha value is -1.26. The number of nitrogens with one attached hydrogen (secondary N) is 1. The summed E-state index contributed by atoms with van der Waals surface area (Å²) >= 11 is 0. The summed E-state index contributed by atoms with van der Waals surface area (Å²) in [5.41, 5.74) is 4.81.